The lowest BCUT2D eigenvalue weighted by Crippen LogP contribution is -2.10. The van der Waals surface area contributed by atoms with Gasteiger partial charge in [-0.05, 0) is 116 Å². The Kier molecular flexibility index (Phi) is 8.08. The number of hydrogen-bond acceptors (Lipinski definition) is 2. The van der Waals surface area contributed by atoms with Crippen LogP contribution >= 0.6 is 0 Å². The van der Waals surface area contributed by atoms with Gasteiger partial charge in [-0.1, -0.05) is 152 Å². The van der Waals surface area contributed by atoms with Crippen LogP contribution in [0.2, 0.25) is 0 Å². The minimum absolute atomic E-state index is 0.870. The molecule has 260 valence electrons. The number of furan rings is 1. The summed E-state index contributed by atoms with van der Waals surface area (Å²) in [5, 5.41) is 4.77. The lowest BCUT2D eigenvalue weighted by atomic mass is 9.89. The smallest absolute Gasteiger partial charge is 0.137 e. The van der Waals surface area contributed by atoms with Gasteiger partial charge < -0.3 is 9.32 Å². The van der Waals surface area contributed by atoms with Gasteiger partial charge in [0, 0.05) is 33.9 Å². The summed E-state index contributed by atoms with van der Waals surface area (Å²) in [7, 11) is 0. The van der Waals surface area contributed by atoms with E-state index in [2.05, 4.69) is 218 Å². The fourth-order valence-electron chi connectivity index (χ4n) is 8.13. The van der Waals surface area contributed by atoms with E-state index in [0.29, 0.717) is 0 Å². The van der Waals surface area contributed by atoms with Crippen LogP contribution in [0.1, 0.15) is 5.56 Å². The molecule has 1 aromatic heterocycles. The van der Waals surface area contributed by atoms with Crippen molar-refractivity contribution in [1.82, 2.24) is 0 Å². The number of fused-ring (bicyclic) bond motifs is 4. The van der Waals surface area contributed by atoms with Crippen LogP contribution in [0.25, 0.3) is 77.2 Å². The van der Waals surface area contributed by atoms with E-state index in [1.54, 1.807) is 0 Å². The van der Waals surface area contributed by atoms with Crippen LogP contribution in [0.5, 0.6) is 0 Å². The Morgan fingerprint density at radius 3 is 1.67 bits per heavy atom. The molecule has 0 saturated carbocycles. The van der Waals surface area contributed by atoms with Crippen molar-refractivity contribution >= 4 is 49.8 Å². The summed E-state index contributed by atoms with van der Waals surface area (Å²) in [6.07, 6.45) is 0. The average Bonchev–Trinajstić information content (AvgIpc) is 3.64. The molecule has 0 aliphatic rings. The molecule has 0 unspecified atom stereocenters. The standard InChI is InChI=1S/C53H37NO/c1-36-14-13-23-50-52(36)49-31-29-45(35-51(49)55-50)54(46-33-42(37-15-5-2-6-16-37)32-43(34-46)38-17-7-3-8-18-38)44-27-24-40(25-28-44)48-30-26-39-19-11-12-22-47(39)53(48)41-20-9-4-10-21-41/h2-35H,1H3. The zero-order chi connectivity index (χ0) is 36.7. The fraction of sp³-hybridized carbons (Fsp3) is 0.0189. The normalized spacial score (nSPS) is 11.4. The van der Waals surface area contributed by atoms with Gasteiger partial charge in [-0.25, -0.2) is 0 Å². The van der Waals surface area contributed by atoms with Gasteiger partial charge in [-0.15, -0.1) is 0 Å². The van der Waals surface area contributed by atoms with Crippen LogP contribution < -0.4 is 4.90 Å². The van der Waals surface area contributed by atoms with Crippen molar-refractivity contribution in [3.05, 3.63) is 212 Å². The van der Waals surface area contributed by atoms with Gasteiger partial charge in [-0.2, -0.15) is 0 Å². The highest BCUT2D eigenvalue weighted by Gasteiger charge is 2.19. The summed E-state index contributed by atoms with van der Waals surface area (Å²) in [5.41, 5.74) is 15.6. The van der Waals surface area contributed by atoms with E-state index in [9.17, 15) is 0 Å². The SMILES string of the molecule is Cc1cccc2oc3cc(N(c4ccc(-c5ccc6ccccc6c5-c5ccccc5)cc4)c4cc(-c5ccccc5)cc(-c5ccccc5)c4)ccc3c12. The maximum Gasteiger partial charge on any atom is 0.137 e. The van der Waals surface area contributed by atoms with E-state index >= 15 is 0 Å². The Hall–Kier alpha value is -7.16. The van der Waals surface area contributed by atoms with E-state index in [1.807, 2.05) is 0 Å². The van der Waals surface area contributed by atoms with Gasteiger partial charge in [0.15, 0.2) is 0 Å². The second-order valence-corrected chi connectivity index (χ2v) is 14.2. The van der Waals surface area contributed by atoms with Crippen LogP contribution in [0.15, 0.2) is 211 Å². The van der Waals surface area contributed by atoms with Crippen LogP contribution in [-0.2, 0) is 0 Å². The van der Waals surface area contributed by atoms with Gasteiger partial charge in [0.2, 0.25) is 0 Å². The van der Waals surface area contributed by atoms with E-state index in [-0.39, 0.29) is 0 Å². The third-order valence-electron chi connectivity index (χ3n) is 10.8. The highest BCUT2D eigenvalue weighted by atomic mass is 16.3. The molecule has 0 radical (unpaired) electrons. The number of aryl methyl sites for hydroxylation is 1. The third-order valence-corrected chi connectivity index (χ3v) is 10.8. The number of benzene rings is 9. The Morgan fingerprint density at radius 2 is 0.982 bits per heavy atom. The second kappa shape index (κ2) is 13.7. The molecule has 0 fully saturated rings. The van der Waals surface area contributed by atoms with Gasteiger partial charge in [0.05, 0.1) is 0 Å². The Bertz CT molecular complexity index is 2910. The Balaban J connectivity index is 1.17. The molecule has 55 heavy (non-hydrogen) atoms. The summed E-state index contributed by atoms with van der Waals surface area (Å²) in [4.78, 5) is 2.36. The predicted molar refractivity (Wildman–Crippen MR) is 232 cm³/mol. The molecule has 0 atom stereocenters. The van der Waals surface area contributed by atoms with Crippen molar-refractivity contribution in [3.63, 3.8) is 0 Å². The highest BCUT2D eigenvalue weighted by Crippen LogP contribution is 2.44. The first-order chi connectivity index (χ1) is 27.2. The van der Waals surface area contributed by atoms with Crippen LogP contribution in [0, 0.1) is 6.92 Å². The van der Waals surface area contributed by atoms with Gasteiger partial charge >= 0.3 is 0 Å². The maximum atomic E-state index is 6.52. The number of rotatable bonds is 7. The van der Waals surface area contributed by atoms with Gasteiger partial charge in [-0.3, -0.25) is 0 Å². The van der Waals surface area contributed by atoms with Crippen LogP contribution in [-0.4, -0.2) is 0 Å². The third kappa shape index (κ3) is 5.95. The minimum atomic E-state index is 0.870. The van der Waals surface area contributed by atoms with Crippen LogP contribution in [0.3, 0.4) is 0 Å². The van der Waals surface area contributed by atoms with Gasteiger partial charge in [0.25, 0.3) is 0 Å². The van der Waals surface area contributed by atoms with Crippen LogP contribution in [0.4, 0.5) is 17.1 Å². The topological polar surface area (TPSA) is 16.4 Å². The van der Waals surface area contributed by atoms with Crippen molar-refractivity contribution in [2.75, 3.05) is 4.90 Å². The molecule has 0 aliphatic heterocycles. The second-order valence-electron chi connectivity index (χ2n) is 14.2. The first-order valence-corrected chi connectivity index (χ1v) is 18.8. The minimum Gasteiger partial charge on any atom is -0.456 e. The average molecular weight is 704 g/mol. The fourth-order valence-corrected chi connectivity index (χ4v) is 8.13. The van der Waals surface area contributed by atoms with Crippen molar-refractivity contribution < 1.29 is 4.42 Å². The quantitative estimate of drug-likeness (QED) is 0.164. The van der Waals surface area contributed by atoms with E-state index in [4.69, 9.17) is 4.42 Å². The molecule has 0 spiro atoms. The molecular weight excluding hydrogens is 667 g/mol. The van der Waals surface area contributed by atoms with E-state index < -0.39 is 0 Å². The van der Waals surface area contributed by atoms with Crippen molar-refractivity contribution in [2.24, 2.45) is 0 Å². The molecule has 10 aromatic rings. The number of hydrogen-bond donors (Lipinski definition) is 0. The first kappa shape index (κ1) is 32.5. The maximum absolute atomic E-state index is 6.52. The molecule has 0 saturated heterocycles. The van der Waals surface area contributed by atoms with Crippen molar-refractivity contribution in [2.45, 2.75) is 6.92 Å². The highest BCUT2D eigenvalue weighted by molar-refractivity contribution is 6.08. The molecule has 2 nitrogen and oxygen atoms in total. The summed E-state index contributed by atoms with van der Waals surface area (Å²) < 4.78 is 6.52. The molecule has 0 aliphatic carbocycles. The van der Waals surface area contributed by atoms with E-state index in [0.717, 1.165) is 44.7 Å². The number of anilines is 3. The molecule has 0 N–H and O–H groups in total. The monoisotopic (exact) mass is 703 g/mol. The molecule has 0 amide bonds. The summed E-state index contributed by atoms with van der Waals surface area (Å²) in [6.45, 7) is 2.15. The molecule has 0 bridgehead atoms. The van der Waals surface area contributed by atoms with Gasteiger partial charge in [0.1, 0.15) is 11.2 Å². The molecule has 10 rings (SSSR count). The lowest BCUT2D eigenvalue weighted by Gasteiger charge is -2.27. The summed E-state index contributed by atoms with van der Waals surface area (Å²) >= 11 is 0. The zero-order valence-electron chi connectivity index (χ0n) is 30.5. The van der Waals surface area contributed by atoms with Crippen molar-refractivity contribution in [1.29, 1.82) is 0 Å². The predicted octanol–water partition coefficient (Wildman–Crippen LogP) is 15.2. The Labute approximate surface area is 321 Å². The Morgan fingerprint density at radius 1 is 0.364 bits per heavy atom. The summed E-state index contributed by atoms with van der Waals surface area (Å²) in [5.74, 6) is 0. The molecular formula is C53H37NO. The molecule has 1 heterocycles. The summed E-state index contributed by atoms with van der Waals surface area (Å²) in [6, 6.07) is 74.1. The largest absolute Gasteiger partial charge is 0.456 e. The van der Waals surface area contributed by atoms with E-state index in [1.165, 1.54) is 55.1 Å². The first-order valence-electron chi connectivity index (χ1n) is 18.8. The number of nitrogens with zero attached hydrogens (tertiary/aromatic N) is 1. The zero-order valence-corrected chi connectivity index (χ0v) is 30.5. The lowest BCUT2D eigenvalue weighted by molar-refractivity contribution is 0.669. The molecule has 2 heteroatoms. The molecule has 9 aromatic carbocycles. The van der Waals surface area contributed by atoms with Crippen molar-refractivity contribution in [3.8, 4) is 44.5 Å².